The standard InChI is InChI=1S/C14H20BrNO2S/c1-10(7-8-19-4)16(2)14(17)12-6-5-11(15)9-13(12)18-3/h5-6,9-10H,7-8H2,1-4H3. The number of rotatable bonds is 6. The van der Waals surface area contributed by atoms with E-state index in [0.29, 0.717) is 11.3 Å². The summed E-state index contributed by atoms with van der Waals surface area (Å²) in [6, 6.07) is 5.68. The third kappa shape index (κ3) is 4.42. The monoisotopic (exact) mass is 345 g/mol. The molecule has 0 fully saturated rings. The molecule has 0 aliphatic heterocycles. The molecular formula is C14H20BrNO2S. The Labute approximate surface area is 127 Å². The van der Waals surface area contributed by atoms with Crippen LogP contribution in [0.15, 0.2) is 22.7 Å². The van der Waals surface area contributed by atoms with Gasteiger partial charge in [0.1, 0.15) is 5.75 Å². The van der Waals surface area contributed by atoms with Crippen LogP contribution in [0, 0.1) is 0 Å². The zero-order chi connectivity index (χ0) is 14.4. The van der Waals surface area contributed by atoms with Crippen LogP contribution in [0.25, 0.3) is 0 Å². The number of hydrogen-bond donors (Lipinski definition) is 0. The second kappa shape index (κ2) is 7.80. The Bertz CT molecular complexity index is 439. The summed E-state index contributed by atoms with van der Waals surface area (Å²) >= 11 is 5.17. The number of ether oxygens (including phenoxy) is 1. The number of carbonyl (C=O) groups excluding carboxylic acids is 1. The van der Waals surface area contributed by atoms with E-state index in [1.807, 2.05) is 19.2 Å². The molecule has 0 saturated carbocycles. The Kier molecular flexibility index (Phi) is 6.72. The van der Waals surface area contributed by atoms with Gasteiger partial charge in [-0.25, -0.2) is 0 Å². The van der Waals surface area contributed by atoms with E-state index in [0.717, 1.165) is 16.6 Å². The minimum absolute atomic E-state index is 0.00190. The molecule has 0 heterocycles. The summed E-state index contributed by atoms with van der Waals surface area (Å²) in [5.74, 6) is 1.65. The number of hydrogen-bond acceptors (Lipinski definition) is 3. The molecule has 0 N–H and O–H groups in total. The Morgan fingerprint density at radius 3 is 2.79 bits per heavy atom. The van der Waals surface area contributed by atoms with E-state index in [4.69, 9.17) is 4.74 Å². The van der Waals surface area contributed by atoms with Crippen molar-refractivity contribution < 1.29 is 9.53 Å². The lowest BCUT2D eigenvalue weighted by Gasteiger charge is -2.25. The van der Waals surface area contributed by atoms with E-state index < -0.39 is 0 Å². The van der Waals surface area contributed by atoms with Crippen LogP contribution in [0.1, 0.15) is 23.7 Å². The van der Waals surface area contributed by atoms with Crippen molar-refractivity contribution in [2.24, 2.45) is 0 Å². The molecule has 106 valence electrons. The average Bonchev–Trinajstić information content (AvgIpc) is 2.42. The van der Waals surface area contributed by atoms with E-state index >= 15 is 0 Å². The second-order valence-corrected chi connectivity index (χ2v) is 6.29. The van der Waals surface area contributed by atoms with Crippen molar-refractivity contribution in [2.75, 3.05) is 26.2 Å². The maximum absolute atomic E-state index is 12.5. The summed E-state index contributed by atoms with van der Waals surface area (Å²) in [5, 5.41) is 0. The molecule has 1 aromatic rings. The van der Waals surface area contributed by atoms with E-state index in [9.17, 15) is 4.79 Å². The van der Waals surface area contributed by atoms with Crippen LogP contribution in [0.3, 0.4) is 0 Å². The zero-order valence-electron chi connectivity index (χ0n) is 11.8. The lowest BCUT2D eigenvalue weighted by molar-refractivity contribution is 0.0738. The molecule has 1 rings (SSSR count). The molecule has 5 heteroatoms. The first-order valence-corrected chi connectivity index (χ1v) is 8.29. The van der Waals surface area contributed by atoms with Crippen molar-refractivity contribution in [3.8, 4) is 5.75 Å². The summed E-state index contributed by atoms with van der Waals surface area (Å²) in [6.07, 6.45) is 3.06. The predicted octanol–water partition coefficient (Wildman–Crippen LogP) is 3.67. The number of benzene rings is 1. The number of carbonyl (C=O) groups is 1. The molecule has 0 aliphatic rings. The lowest BCUT2D eigenvalue weighted by atomic mass is 10.1. The maximum Gasteiger partial charge on any atom is 0.257 e. The Balaban J connectivity index is 2.87. The molecule has 1 aromatic carbocycles. The number of halogens is 1. The van der Waals surface area contributed by atoms with Crippen LogP contribution < -0.4 is 4.74 Å². The molecule has 1 amide bonds. The molecule has 0 aromatic heterocycles. The van der Waals surface area contributed by atoms with E-state index in [2.05, 4.69) is 29.1 Å². The molecule has 0 radical (unpaired) electrons. The highest BCUT2D eigenvalue weighted by Crippen LogP contribution is 2.25. The van der Waals surface area contributed by atoms with Crippen molar-refractivity contribution in [2.45, 2.75) is 19.4 Å². The van der Waals surface area contributed by atoms with Gasteiger partial charge in [-0.15, -0.1) is 0 Å². The largest absolute Gasteiger partial charge is 0.496 e. The van der Waals surface area contributed by atoms with Gasteiger partial charge in [-0.3, -0.25) is 4.79 Å². The van der Waals surface area contributed by atoms with Gasteiger partial charge in [0.15, 0.2) is 0 Å². The summed E-state index contributed by atoms with van der Waals surface area (Å²) in [5.41, 5.74) is 0.601. The summed E-state index contributed by atoms with van der Waals surface area (Å²) < 4.78 is 6.18. The van der Waals surface area contributed by atoms with Gasteiger partial charge >= 0.3 is 0 Å². The van der Waals surface area contributed by atoms with Crippen molar-refractivity contribution in [1.82, 2.24) is 4.90 Å². The highest BCUT2D eigenvalue weighted by atomic mass is 79.9. The third-order valence-corrected chi connectivity index (χ3v) is 4.25. The Morgan fingerprint density at radius 1 is 1.53 bits per heavy atom. The van der Waals surface area contributed by atoms with Gasteiger partial charge in [-0.05, 0) is 43.6 Å². The van der Waals surface area contributed by atoms with Gasteiger partial charge in [0.2, 0.25) is 0 Å². The molecule has 0 spiro atoms. The maximum atomic E-state index is 12.5. The highest BCUT2D eigenvalue weighted by molar-refractivity contribution is 9.10. The fourth-order valence-corrected chi connectivity index (χ4v) is 2.63. The Morgan fingerprint density at radius 2 is 2.21 bits per heavy atom. The minimum atomic E-state index is -0.00190. The van der Waals surface area contributed by atoms with Crippen LogP contribution in [0.4, 0.5) is 0 Å². The summed E-state index contributed by atoms with van der Waals surface area (Å²) in [7, 11) is 3.42. The number of amides is 1. The molecule has 0 bridgehead atoms. The first-order valence-electron chi connectivity index (χ1n) is 6.11. The van der Waals surface area contributed by atoms with E-state index in [-0.39, 0.29) is 11.9 Å². The predicted molar refractivity (Wildman–Crippen MR) is 85.2 cm³/mol. The van der Waals surface area contributed by atoms with Gasteiger partial charge < -0.3 is 9.64 Å². The third-order valence-electron chi connectivity index (χ3n) is 3.12. The highest BCUT2D eigenvalue weighted by Gasteiger charge is 2.20. The van der Waals surface area contributed by atoms with Crippen LogP contribution in [-0.4, -0.2) is 43.0 Å². The van der Waals surface area contributed by atoms with Gasteiger partial charge in [0.05, 0.1) is 12.7 Å². The molecular weight excluding hydrogens is 326 g/mol. The average molecular weight is 346 g/mol. The van der Waals surface area contributed by atoms with Crippen molar-refractivity contribution in [3.63, 3.8) is 0 Å². The molecule has 3 nitrogen and oxygen atoms in total. The first kappa shape index (κ1) is 16.4. The van der Waals surface area contributed by atoms with E-state index in [1.165, 1.54) is 0 Å². The first-order chi connectivity index (χ1) is 9.01. The Hall–Kier alpha value is -0.680. The zero-order valence-corrected chi connectivity index (χ0v) is 14.2. The minimum Gasteiger partial charge on any atom is -0.496 e. The molecule has 19 heavy (non-hydrogen) atoms. The van der Waals surface area contributed by atoms with Gasteiger partial charge in [-0.2, -0.15) is 11.8 Å². The topological polar surface area (TPSA) is 29.5 Å². The van der Waals surface area contributed by atoms with Gasteiger partial charge in [0.25, 0.3) is 5.91 Å². The fourth-order valence-electron chi connectivity index (χ4n) is 1.71. The molecule has 0 saturated heterocycles. The molecule has 1 atom stereocenters. The van der Waals surface area contributed by atoms with Crippen molar-refractivity contribution in [1.29, 1.82) is 0 Å². The number of nitrogens with zero attached hydrogens (tertiary/aromatic N) is 1. The van der Waals surface area contributed by atoms with Crippen molar-refractivity contribution in [3.05, 3.63) is 28.2 Å². The molecule has 1 unspecified atom stereocenters. The fraction of sp³-hybridized carbons (Fsp3) is 0.500. The summed E-state index contributed by atoms with van der Waals surface area (Å²) in [4.78, 5) is 14.2. The number of methoxy groups -OCH3 is 1. The normalized spacial score (nSPS) is 12.1. The smallest absolute Gasteiger partial charge is 0.257 e. The van der Waals surface area contributed by atoms with Crippen LogP contribution in [0.2, 0.25) is 0 Å². The van der Waals surface area contributed by atoms with Crippen LogP contribution in [0.5, 0.6) is 5.75 Å². The molecule has 0 aliphatic carbocycles. The van der Waals surface area contributed by atoms with Crippen LogP contribution >= 0.6 is 27.7 Å². The quantitative estimate of drug-likeness (QED) is 0.787. The number of thioether (sulfide) groups is 1. The second-order valence-electron chi connectivity index (χ2n) is 4.39. The summed E-state index contributed by atoms with van der Waals surface area (Å²) in [6.45, 7) is 2.07. The SMILES string of the molecule is COc1cc(Br)ccc1C(=O)N(C)C(C)CCSC. The van der Waals surface area contributed by atoms with Crippen LogP contribution in [-0.2, 0) is 0 Å². The van der Waals surface area contributed by atoms with Crippen molar-refractivity contribution >= 4 is 33.6 Å². The lowest BCUT2D eigenvalue weighted by Crippen LogP contribution is -2.35. The van der Waals surface area contributed by atoms with E-state index in [1.54, 1.807) is 29.8 Å². The van der Waals surface area contributed by atoms with Gasteiger partial charge in [0, 0.05) is 17.6 Å². The van der Waals surface area contributed by atoms with Gasteiger partial charge in [-0.1, -0.05) is 15.9 Å².